The molecule has 1 N–H and O–H groups in total. The molecule has 10 nitrogen and oxygen atoms in total. The van der Waals surface area contributed by atoms with Crippen LogP contribution in [0.25, 0.3) is 5.65 Å². The van der Waals surface area contributed by atoms with Crippen LogP contribution < -0.4 is 10.2 Å². The molecule has 1 saturated heterocycles. The summed E-state index contributed by atoms with van der Waals surface area (Å²) in [5.74, 6) is -0.364. The van der Waals surface area contributed by atoms with Gasteiger partial charge in [-0.3, -0.25) is 19.3 Å². The lowest BCUT2D eigenvalue weighted by Gasteiger charge is -2.32. The number of aromatic nitrogens is 2. The zero-order valence-corrected chi connectivity index (χ0v) is 25.0. The average molecular weight is 600 g/mol. The number of halogens is 1. The number of imidazole rings is 1. The van der Waals surface area contributed by atoms with Gasteiger partial charge >= 0.3 is 0 Å². The molecule has 11 heteroatoms. The van der Waals surface area contributed by atoms with E-state index in [1.54, 1.807) is 57.9 Å². The predicted octanol–water partition coefficient (Wildman–Crippen LogP) is 3.65. The number of benzene rings is 2. The second-order valence-electron chi connectivity index (χ2n) is 11.2. The van der Waals surface area contributed by atoms with Gasteiger partial charge in [-0.15, -0.1) is 0 Å². The first kappa shape index (κ1) is 28.9. The Morgan fingerprint density at radius 2 is 1.72 bits per heavy atom. The maximum atomic E-state index is 13.3. The monoisotopic (exact) mass is 599 g/mol. The molecule has 0 aliphatic carbocycles. The first-order valence-corrected chi connectivity index (χ1v) is 14.8. The fraction of sp³-hybridized carbons (Fsp3) is 0.312. The number of pyridine rings is 1. The van der Waals surface area contributed by atoms with Gasteiger partial charge in [0.1, 0.15) is 11.3 Å². The first-order chi connectivity index (χ1) is 20.7. The van der Waals surface area contributed by atoms with Crippen LogP contribution in [0.1, 0.15) is 32.0 Å². The summed E-state index contributed by atoms with van der Waals surface area (Å²) in [5, 5.41) is 3.51. The molecule has 0 radical (unpaired) electrons. The van der Waals surface area contributed by atoms with Crippen molar-refractivity contribution >= 4 is 46.3 Å². The molecular formula is C32H34ClN7O3. The Hall–Kier alpha value is -4.25. The lowest BCUT2D eigenvalue weighted by molar-refractivity contribution is -0.119. The van der Waals surface area contributed by atoms with Crippen LogP contribution in [0.2, 0.25) is 5.02 Å². The van der Waals surface area contributed by atoms with Crippen molar-refractivity contribution in [2.75, 3.05) is 63.6 Å². The van der Waals surface area contributed by atoms with Gasteiger partial charge in [0.2, 0.25) is 5.91 Å². The molecule has 0 atom stereocenters. The van der Waals surface area contributed by atoms with E-state index in [9.17, 15) is 14.4 Å². The van der Waals surface area contributed by atoms with Gasteiger partial charge in [-0.25, -0.2) is 4.98 Å². The number of nitrogens with zero attached hydrogens (tertiary/aromatic N) is 6. The second kappa shape index (κ2) is 12.2. The molecule has 1 fully saturated rings. The zero-order chi connectivity index (χ0) is 30.1. The van der Waals surface area contributed by atoms with E-state index in [4.69, 9.17) is 11.6 Å². The van der Waals surface area contributed by atoms with E-state index >= 15 is 0 Å². The van der Waals surface area contributed by atoms with Crippen molar-refractivity contribution in [2.45, 2.75) is 13.0 Å². The van der Waals surface area contributed by atoms with Gasteiger partial charge in [-0.05, 0) is 67.1 Å². The number of anilines is 2. The maximum absolute atomic E-state index is 13.3. The highest BCUT2D eigenvalue weighted by Crippen LogP contribution is 2.24. The van der Waals surface area contributed by atoms with Crippen molar-refractivity contribution < 1.29 is 14.4 Å². The van der Waals surface area contributed by atoms with Crippen LogP contribution in [0, 0.1) is 0 Å². The molecule has 4 heterocycles. The van der Waals surface area contributed by atoms with Crippen molar-refractivity contribution in [1.29, 1.82) is 0 Å². The summed E-state index contributed by atoms with van der Waals surface area (Å²) in [6.45, 7) is 5.05. The smallest absolute Gasteiger partial charge is 0.274 e. The number of rotatable bonds is 6. The summed E-state index contributed by atoms with van der Waals surface area (Å²) >= 11 is 6.07. The highest BCUT2D eigenvalue weighted by Gasteiger charge is 2.25. The molecule has 4 aromatic rings. The molecule has 3 amide bonds. The molecule has 2 aliphatic heterocycles. The zero-order valence-electron chi connectivity index (χ0n) is 24.3. The van der Waals surface area contributed by atoms with Crippen LogP contribution in [0.3, 0.4) is 0 Å². The Balaban J connectivity index is 1.07. The van der Waals surface area contributed by atoms with E-state index in [1.165, 1.54) is 0 Å². The van der Waals surface area contributed by atoms with Gasteiger partial charge in [0, 0.05) is 86.7 Å². The molecule has 6 rings (SSSR count). The molecule has 0 bridgehead atoms. The Bertz CT molecular complexity index is 1680. The van der Waals surface area contributed by atoms with Crippen LogP contribution in [0.15, 0.2) is 67.0 Å². The third kappa shape index (κ3) is 6.41. The second-order valence-corrected chi connectivity index (χ2v) is 11.7. The van der Waals surface area contributed by atoms with Gasteiger partial charge < -0.3 is 24.4 Å². The molecule has 43 heavy (non-hydrogen) atoms. The lowest BCUT2D eigenvalue weighted by Crippen LogP contribution is -2.48. The molecule has 0 saturated carbocycles. The summed E-state index contributed by atoms with van der Waals surface area (Å²) in [5.41, 5.74) is 4.95. The quantitative estimate of drug-likeness (QED) is 0.364. The van der Waals surface area contributed by atoms with E-state index in [-0.39, 0.29) is 17.7 Å². The van der Waals surface area contributed by atoms with Gasteiger partial charge in [0.05, 0.1) is 6.54 Å². The summed E-state index contributed by atoms with van der Waals surface area (Å²) in [6.07, 6.45) is 4.18. The number of fused-ring (bicyclic) bond motifs is 2. The van der Waals surface area contributed by atoms with Crippen molar-refractivity contribution in [3.05, 3.63) is 94.4 Å². The summed E-state index contributed by atoms with van der Waals surface area (Å²) in [7, 11) is 3.87. The predicted molar refractivity (Wildman–Crippen MR) is 167 cm³/mol. The molecule has 0 unspecified atom stereocenters. The molecule has 222 valence electrons. The minimum Gasteiger partial charge on any atom is -0.333 e. The minimum absolute atomic E-state index is 0.0357. The minimum atomic E-state index is -0.240. The topological polar surface area (TPSA) is 93.5 Å². The number of nitrogens with one attached hydrogen (secondary N) is 1. The van der Waals surface area contributed by atoms with Crippen molar-refractivity contribution in [2.24, 2.45) is 0 Å². The Morgan fingerprint density at radius 3 is 2.49 bits per heavy atom. The normalized spacial score (nSPS) is 15.7. The van der Waals surface area contributed by atoms with Crippen LogP contribution in [0.4, 0.5) is 11.4 Å². The lowest BCUT2D eigenvalue weighted by atomic mass is 9.97. The standard InChI is InChI=1S/C32H34ClN7O3/c1-36-13-15-38(16-14-36)21-30(41)37(2)27-7-5-26(6-8-27)34-31(42)23-4-3-22-9-11-40(19-24(22)17-23)32(43)28-20-39-12-10-25(33)18-29(39)35-28/h3-8,10,12,17-18,20H,9,11,13-16,19,21H2,1-2H3,(H,34,42). The van der Waals surface area contributed by atoms with Crippen molar-refractivity contribution in [3.63, 3.8) is 0 Å². The van der Waals surface area contributed by atoms with E-state index < -0.39 is 0 Å². The van der Waals surface area contributed by atoms with E-state index in [2.05, 4.69) is 27.1 Å². The van der Waals surface area contributed by atoms with Crippen LogP contribution >= 0.6 is 11.6 Å². The molecule has 2 aliphatic rings. The number of amides is 3. The highest BCUT2D eigenvalue weighted by atomic mass is 35.5. The van der Waals surface area contributed by atoms with Gasteiger partial charge in [0.25, 0.3) is 11.8 Å². The largest absolute Gasteiger partial charge is 0.333 e. The van der Waals surface area contributed by atoms with Crippen LogP contribution in [0.5, 0.6) is 0 Å². The van der Waals surface area contributed by atoms with E-state index in [1.807, 2.05) is 30.3 Å². The Kier molecular flexibility index (Phi) is 8.16. The third-order valence-electron chi connectivity index (χ3n) is 8.25. The molecule has 0 spiro atoms. The average Bonchev–Trinajstić information content (AvgIpc) is 3.44. The molecule has 2 aromatic heterocycles. The first-order valence-electron chi connectivity index (χ1n) is 14.4. The summed E-state index contributed by atoms with van der Waals surface area (Å²) in [4.78, 5) is 51.5. The van der Waals surface area contributed by atoms with E-state index in [0.717, 1.165) is 43.0 Å². The number of hydrogen-bond acceptors (Lipinski definition) is 6. The number of piperazine rings is 1. The fourth-order valence-corrected chi connectivity index (χ4v) is 5.67. The Morgan fingerprint density at radius 1 is 0.953 bits per heavy atom. The molecule has 2 aromatic carbocycles. The van der Waals surface area contributed by atoms with Crippen molar-refractivity contribution in [1.82, 2.24) is 24.1 Å². The highest BCUT2D eigenvalue weighted by molar-refractivity contribution is 6.30. The van der Waals surface area contributed by atoms with Gasteiger partial charge in [0.15, 0.2) is 0 Å². The fourth-order valence-electron chi connectivity index (χ4n) is 5.51. The van der Waals surface area contributed by atoms with Crippen molar-refractivity contribution in [3.8, 4) is 0 Å². The molecular weight excluding hydrogens is 566 g/mol. The SMILES string of the molecule is CN1CCN(CC(=O)N(C)c2ccc(NC(=O)c3ccc4c(c3)CN(C(=O)c3cn5ccc(Cl)cc5n3)CC4)cc2)CC1. The Labute approximate surface area is 255 Å². The van der Waals surface area contributed by atoms with Gasteiger partial charge in [-0.1, -0.05) is 17.7 Å². The summed E-state index contributed by atoms with van der Waals surface area (Å²) in [6, 6.07) is 16.4. The van der Waals surface area contributed by atoms with Crippen LogP contribution in [-0.4, -0.2) is 95.2 Å². The maximum Gasteiger partial charge on any atom is 0.274 e. The van der Waals surface area contributed by atoms with Crippen LogP contribution in [-0.2, 0) is 17.8 Å². The number of carbonyl (C=O) groups excluding carboxylic acids is 3. The third-order valence-corrected chi connectivity index (χ3v) is 8.49. The number of hydrogen-bond donors (Lipinski definition) is 1. The van der Waals surface area contributed by atoms with Gasteiger partial charge in [-0.2, -0.15) is 0 Å². The van der Waals surface area contributed by atoms with E-state index in [0.29, 0.717) is 53.7 Å². The summed E-state index contributed by atoms with van der Waals surface area (Å²) < 4.78 is 1.77. The number of likely N-dealkylation sites (N-methyl/N-ethyl adjacent to an activating group) is 2. The number of carbonyl (C=O) groups is 3.